The van der Waals surface area contributed by atoms with Crippen LogP contribution in [0.3, 0.4) is 0 Å². The summed E-state index contributed by atoms with van der Waals surface area (Å²) in [6.45, 7) is 5.11. The molecule has 0 fully saturated rings. The van der Waals surface area contributed by atoms with Gasteiger partial charge in [-0.2, -0.15) is 5.10 Å². The number of hydrogen-bond acceptors (Lipinski definition) is 5. The molecule has 2 rings (SSSR count). The van der Waals surface area contributed by atoms with Gasteiger partial charge in [-0.15, -0.1) is 11.3 Å². The molecular formula is C12H17N5OS. The standard InChI is InChI=1S/C12H17N5OS/c1-3-8-5-14-10(19-8)6-15-12(18)11-9(13)7-17(4-2)16-11/h5,7H,3-4,6,13H2,1-2H3,(H,15,18). The first kappa shape index (κ1) is 13.5. The normalized spacial score (nSPS) is 10.6. The number of aryl methyl sites for hydroxylation is 2. The second kappa shape index (κ2) is 5.83. The lowest BCUT2D eigenvalue weighted by Crippen LogP contribution is -2.24. The van der Waals surface area contributed by atoms with E-state index in [4.69, 9.17) is 5.73 Å². The van der Waals surface area contributed by atoms with Crippen molar-refractivity contribution in [2.75, 3.05) is 5.73 Å². The number of thiazole rings is 1. The summed E-state index contributed by atoms with van der Waals surface area (Å²) in [6.07, 6.45) is 4.46. The highest BCUT2D eigenvalue weighted by atomic mass is 32.1. The predicted octanol–water partition coefficient (Wildman–Crippen LogP) is 1.43. The van der Waals surface area contributed by atoms with Gasteiger partial charge < -0.3 is 11.1 Å². The molecule has 0 saturated heterocycles. The van der Waals surface area contributed by atoms with Crippen LogP contribution in [0.4, 0.5) is 5.69 Å². The maximum Gasteiger partial charge on any atom is 0.274 e. The molecule has 102 valence electrons. The van der Waals surface area contributed by atoms with E-state index in [1.165, 1.54) is 4.88 Å². The number of carbonyl (C=O) groups is 1. The van der Waals surface area contributed by atoms with Crippen molar-refractivity contribution in [3.8, 4) is 0 Å². The minimum atomic E-state index is -0.266. The molecule has 3 N–H and O–H groups in total. The monoisotopic (exact) mass is 279 g/mol. The molecular weight excluding hydrogens is 262 g/mol. The van der Waals surface area contributed by atoms with Crippen LogP contribution >= 0.6 is 11.3 Å². The zero-order chi connectivity index (χ0) is 13.8. The lowest BCUT2D eigenvalue weighted by atomic mass is 10.3. The average molecular weight is 279 g/mol. The summed E-state index contributed by atoms with van der Waals surface area (Å²) in [5.74, 6) is -0.266. The first-order valence-corrected chi connectivity index (χ1v) is 7.00. The van der Waals surface area contributed by atoms with Crippen LogP contribution in [0.1, 0.15) is 34.2 Å². The van der Waals surface area contributed by atoms with E-state index in [9.17, 15) is 4.79 Å². The van der Waals surface area contributed by atoms with Gasteiger partial charge in [0.05, 0.1) is 12.2 Å². The maximum absolute atomic E-state index is 12.0. The van der Waals surface area contributed by atoms with Gasteiger partial charge in [-0.1, -0.05) is 6.92 Å². The van der Waals surface area contributed by atoms with E-state index in [0.717, 1.165) is 11.4 Å². The summed E-state index contributed by atoms with van der Waals surface area (Å²) in [5.41, 5.74) is 6.42. The molecule has 1 amide bonds. The van der Waals surface area contributed by atoms with Crippen molar-refractivity contribution in [3.05, 3.63) is 28.0 Å². The van der Waals surface area contributed by atoms with Gasteiger partial charge in [0.15, 0.2) is 5.69 Å². The van der Waals surface area contributed by atoms with Gasteiger partial charge in [0.1, 0.15) is 5.01 Å². The Kier molecular flexibility index (Phi) is 4.16. The van der Waals surface area contributed by atoms with Gasteiger partial charge in [0.2, 0.25) is 0 Å². The summed E-state index contributed by atoms with van der Waals surface area (Å²) >= 11 is 1.60. The van der Waals surface area contributed by atoms with Crippen LogP contribution in [-0.4, -0.2) is 20.7 Å². The van der Waals surface area contributed by atoms with Crippen molar-refractivity contribution >= 4 is 22.9 Å². The van der Waals surface area contributed by atoms with E-state index in [0.29, 0.717) is 18.8 Å². The molecule has 0 saturated carbocycles. The molecule has 0 aliphatic heterocycles. The zero-order valence-corrected chi connectivity index (χ0v) is 11.8. The fraction of sp³-hybridized carbons (Fsp3) is 0.417. The van der Waals surface area contributed by atoms with Crippen LogP contribution in [0.5, 0.6) is 0 Å². The number of carbonyl (C=O) groups excluding carboxylic acids is 1. The fourth-order valence-electron chi connectivity index (χ4n) is 1.61. The molecule has 0 bridgehead atoms. The third-order valence-electron chi connectivity index (χ3n) is 2.68. The maximum atomic E-state index is 12.0. The molecule has 6 nitrogen and oxygen atoms in total. The van der Waals surface area contributed by atoms with Crippen LogP contribution in [0.25, 0.3) is 0 Å². The van der Waals surface area contributed by atoms with Gasteiger partial charge >= 0.3 is 0 Å². The van der Waals surface area contributed by atoms with Gasteiger partial charge in [0, 0.05) is 23.8 Å². The van der Waals surface area contributed by atoms with E-state index in [1.54, 1.807) is 22.2 Å². The summed E-state index contributed by atoms with van der Waals surface area (Å²) in [5, 5.41) is 7.80. The van der Waals surface area contributed by atoms with Crippen molar-refractivity contribution in [2.24, 2.45) is 0 Å². The molecule has 2 aromatic heterocycles. The third kappa shape index (κ3) is 3.11. The number of hydrogen-bond donors (Lipinski definition) is 2. The predicted molar refractivity (Wildman–Crippen MR) is 75.0 cm³/mol. The third-order valence-corrected chi connectivity index (χ3v) is 3.82. The summed E-state index contributed by atoms with van der Waals surface area (Å²) in [7, 11) is 0. The first-order valence-electron chi connectivity index (χ1n) is 6.18. The van der Waals surface area contributed by atoms with E-state index in [1.807, 2.05) is 13.1 Å². The Morgan fingerprint density at radius 2 is 2.32 bits per heavy atom. The smallest absolute Gasteiger partial charge is 0.274 e. The number of nitrogens with two attached hydrogens (primary N) is 1. The second-order valence-electron chi connectivity index (χ2n) is 4.05. The van der Waals surface area contributed by atoms with Crippen molar-refractivity contribution in [1.82, 2.24) is 20.1 Å². The second-order valence-corrected chi connectivity index (χ2v) is 5.25. The lowest BCUT2D eigenvalue weighted by molar-refractivity contribution is 0.0946. The molecule has 7 heteroatoms. The molecule has 0 atom stereocenters. The molecule has 0 aromatic carbocycles. The van der Waals surface area contributed by atoms with Crippen molar-refractivity contribution < 1.29 is 4.79 Å². The Morgan fingerprint density at radius 3 is 2.89 bits per heavy atom. The van der Waals surface area contributed by atoms with Gasteiger partial charge in [-0.25, -0.2) is 4.98 Å². The van der Waals surface area contributed by atoms with Gasteiger partial charge in [-0.3, -0.25) is 9.48 Å². The minimum Gasteiger partial charge on any atom is -0.396 e. The summed E-state index contributed by atoms with van der Waals surface area (Å²) in [4.78, 5) is 17.4. The lowest BCUT2D eigenvalue weighted by Gasteiger charge is -2.00. The average Bonchev–Trinajstić information content (AvgIpc) is 3.02. The van der Waals surface area contributed by atoms with Crippen LogP contribution in [-0.2, 0) is 19.5 Å². The highest BCUT2D eigenvalue weighted by Crippen LogP contribution is 2.14. The van der Waals surface area contributed by atoms with Crippen LogP contribution in [0.2, 0.25) is 0 Å². The number of anilines is 1. The van der Waals surface area contributed by atoms with E-state index >= 15 is 0 Å². The molecule has 0 radical (unpaired) electrons. The minimum absolute atomic E-state index is 0.266. The molecule has 2 heterocycles. The van der Waals surface area contributed by atoms with Gasteiger partial charge in [-0.05, 0) is 13.3 Å². The number of rotatable bonds is 5. The highest BCUT2D eigenvalue weighted by Gasteiger charge is 2.14. The quantitative estimate of drug-likeness (QED) is 0.867. The topological polar surface area (TPSA) is 85.8 Å². The molecule has 0 aliphatic carbocycles. The van der Waals surface area contributed by atoms with E-state index in [-0.39, 0.29) is 11.6 Å². The van der Waals surface area contributed by atoms with Crippen molar-refractivity contribution in [1.29, 1.82) is 0 Å². The molecule has 0 spiro atoms. The molecule has 2 aromatic rings. The Bertz CT molecular complexity index is 574. The first-order chi connectivity index (χ1) is 9.13. The Morgan fingerprint density at radius 1 is 1.53 bits per heavy atom. The number of aromatic nitrogens is 3. The zero-order valence-electron chi connectivity index (χ0n) is 11.0. The molecule has 0 unspecified atom stereocenters. The highest BCUT2D eigenvalue weighted by molar-refractivity contribution is 7.11. The number of nitrogens with zero attached hydrogens (tertiary/aromatic N) is 3. The van der Waals surface area contributed by atoms with Crippen molar-refractivity contribution in [3.63, 3.8) is 0 Å². The largest absolute Gasteiger partial charge is 0.396 e. The van der Waals surface area contributed by atoms with E-state index in [2.05, 4.69) is 22.3 Å². The van der Waals surface area contributed by atoms with Crippen molar-refractivity contribution in [2.45, 2.75) is 33.4 Å². The van der Waals surface area contributed by atoms with Crippen LogP contribution in [0.15, 0.2) is 12.4 Å². The number of amides is 1. The summed E-state index contributed by atoms with van der Waals surface area (Å²) < 4.78 is 1.64. The number of nitrogen functional groups attached to an aromatic ring is 1. The fourth-order valence-corrected chi connectivity index (χ4v) is 2.41. The SMILES string of the molecule is CCc1cnc(CNC(=O)c2nn(CC)cc2N)s1. The van der Waals surface area contributed by atoms with Crippen LogP contribution in [0, 0.1) is 0 Å². The summed E-state index contributed by atoms with van der Waals surface area (Å²) in [6, 6.07) is 0. The van der Waals surface area contributed by atoms with E-state index < -0.39 is 0 Å². The molecule has 0 aliphatic rings. The Labute approximate surface area is 115 Å². The number of nitrogens with one attached hydrogen (secondary N) is 1. The van der Waals surface area contributed by atoms with Gasteiger partial charge in [0.25, 0.3) is 5.91 Å². The Hall–Kier alpha value is -1.89. The Balaban J connectivity index is 1.98. The van der Waals surface area contributed by atoms with Crippen LogP contribution < -0.4 is 11.1 Å². The molecule has 19 heavy (non-hydrogen) atoms.